The van der Waals surface area contributed by atoms with Crippen molar-refractivity contribution in [2.45, 2.75) is 58.2 Å². The van der Waals surface area contributed by atoms with E-state index in [-0.39, 0.29) is 12.7 Å². The van der Waals surface area contributed by atoms with Crippen molar-refractivity contribution in [3.05, 3.63) is 48.4 Å². The fraction of sp³-hybridized carbons (Fsp3) is 0.455. The standard InChI is InChI=1S/C22H26N2O7/c1-14(9-11-20-23-22(24-31-20)17-7-5-4-6-8-17)28-21-12-10-18(29-16(3)26)19(30-21)13-27-15(2)25/h4-8,10,12,14,18-19,21H,9,11,13H2,1-3H3/t14?,18-,19+,21-/m0/s1. The van der Waals surface area contributed by atoms with E-state index in [1.165, 1.54) is 13.8 Å². The third-order valence-corrected chi connectivity index (χ3v) is 4.52. The molecule has 9 nitrogen and oxygen atoms in total. The maximum Gasteiger partial charge on any atom is 0.303 e. The highest BCUT2D eigenvalue weighted by atomic mass is 16.7. The Kier molecular flexibility index (Phi) is 7.91. The number of benzene rings is 1. The molecular formula is C22H26N2O7. The van der Waals surface area contributed by atoms with Crippen molar-refractivity contribution in [2.75, 3.05) is 6.61 Å². The molecular weight excluding hydrogens is 404 g/mol. The summed E-state index contributed by atoms with van der Waals surface area (Å²) in [5.74, 6) is 0.179. The Labute approximate surface area is 180 Å². The van der Waals surface area contributed by atoms with Crippen molar-refractivity contribution in [3.63, 3.8) is 0 Å². The molecule has 0 saturated carbocycles. The summed E-state index contributed by atoms with van der Waals surface area (Å²) in [6.45, 7) is 4.47. The summed E-state index contributed by atoms with van der Waals surface area (Å²) in [6, 6.07) is 9.60. The molecule has 1 aliphatic rings. The van der Waals surface area contributed by atoms with Crippen LogP contribution in [0.4, 0.5) is 0 Å². The largest absolute Gasteiger partial charge is 0.463 e. The lowest BCUT2D eigenvalue weighted by Gasteiger charge is -2.32. The molecule has 31 heavy (non-hydrogen) atoms. The molecule has 1 aliphatic heterocycles. The van der Waals surface area contributed by atoms with E-state index in [1.54, 1.807) is 12.2 Å². The first-order chi connectivity index (χ1) is 14.9. The zero-order valence-corrected chi connectivity index (χ0v) is 17.7. The van der Waals surface area contributed by atoms with Gasteiger partial charge in [0, 0.05) is 25.8 Å². The van der Waals surface area contributed by atoms with Gasteiger partial charge >= 0.3 is 11.9 Å². The predicted octanol–water partition coefficient (Wildman–Crippen LogP) is 2.85. The van der Waals surface area contributed by atoms with Crippen molar-refractivity contribution in [3.8, 4) is 11.4 Å². The van der Waals surface area contributed by atoms with E-state index < -0.39 is 30.4 Å². The quantitative estimate of drug-likeness (QED) is 0.438. The molecule has 1 aromatic heterocycles. The van der Waals surface area contributed by atoms with Crippen LogP contribution in [-0.4, -0.2) is 53.3 Å². The fourth-order valence-corrected chi connectivity index (χ4v) is 3.02. The van der Waals surface area contributed by atoms with Gasteiger partial charge in [0.25, 0.3) is 0 Å². The Bertz CT molecular complexity index is 896. The molecule has 0 aliphatic carbocycles. The molecule has 3 rings (SSSR count). The van der Waals surface area contributed by atoms with Crippen LogP contribution in [0.5, 0.6) is 0 Å². The lowest BCUT2D eigenvalue weighted by atomic mass is 10.1. The minimum atomic E-state index is -0.662. The maximum absolute atomic E-state index is 11.3. The normalized spacial score (nSPS) is 21.5. The van der Waals surface area contributed by atoms with Gasteiger partial charge in [-0.15, -0.1) is 0 Å². The van der Waals surface area contributed by atoms with Gasteiger partial charge in [-0.25, -0.2) is 0 Å². The highest BCUT2D eigenvalue weighted by Gasteiger charge is 2.31. The van der Waals surface area contributed by atoms with Crippen LogP contribution in [0.15, 0.2) is 47.0 Å². The summed E-state index contributed by atoms with van der Waals surface area (Å²) in [7, 11) is 0. The number of hydrogen-bond donors (Lipinski definition) is 0. The lowest BCUT2D eigenvalue weighted by molar-refractivity contribution is -0.208. The van der Waals surface area contributed by atoms with Crippen LogP contribution in [0.2, 0.25) is 0 Å². The molecule has 2 heterocycles. The second-order valence-corrected chi connectivity index (χ2v) is 7.17. The van der Waals surface area contributed by atoms with E-state index >= 15 is 0 Å². The Morgan fingerprint density at radius 2 is 1.90 bits per heavy atom. The third kappa shape index (κ3) is 7.01. The summed E-state index contributed by atoms with van der Waals surface area (Å²) in [4.78, 5) is 26.8. The van der Waals surface area contributed by atoms with Crippen LogP contribution in [0, 0.1) is 0 Å². The molecule has 4 atom stereocenters. The first kappa shape index (κ1) is 22.6. The number of carbonyl (C=O) groups excluding carboxylic acids is 2. The van der Waals surface area contributed by atoms with Gasteiger partial charge < -0.3 is 23.5 Å². The van der Waals surface area contributed by atoms with Crippen molar-refractivity contribution in [2.24, 2.45) is 0 Å². The zero-order valence-electron chi connectivity index (χ0n) is 17.7. The van der Waals surface area contributed by atoms with E-state index in [9.17, 15) is 9.59 Å². The van der Waals surface area contributed by atoms with Crippen molar-refractivity contribution in [1.82, 2.24) is 10.1 Å². The Hall–Kier alpha value is -3.04. The minimum absolute atomic E-state index is 0.0455. The first-order valence-electron chi connectivity index (χ1n) is 10.1. The number of nitrogens with zero attached hydrogens (tertiary/aromatic N) is 2. The maximum atomic E-state index is 11.3. The zero-order chi connectivity index (χ0) is 22.2. The van der Waals surface area contributed by atoms with Gasteiger partial charge in [-0.05, 0) is 25.5 Å². The van der Waals surface area contributed by atoms with Gasteiger partial charge in [0.1, 0.15) is 18.8 Å². The lowest BCUT2D eigenvalue weighted by Crippen LogP contribution is -2.42. The monoisotopic (exact) mass is 430 g/mol. The highest BCUT2D eigenvalue weighted by Crippen LogP contribution is 2.21. The molecule has 166 valence electrons. The van der Waals surface area contributed by atoms with Gasteiger partial charge in [0.15, 0.2) is 6.29 Å². The molecule has 0 saturated heterocycles. The van der Waals surface area contributed by atoms with Gasteiger partial charge in [-0.2, -0.15) is 4.98 Å². The molecule has 1 aromatic carbocycles. The van der Waals surface area contributed by atoms with Crippen LogP contribution < -0.4 is 0 Å². The molecule has 0 bridgehead atoms. The number of aromatic nitrogens is 2. The Morgan fingerprint density at radius 3 is 2.61 bits per heavy atom. The van der Waals surface area contributed by atoms with Crippen molar-refractivity contribution < 1.29 is 33.1 Å². The number of hydrogen-bond acceptors (Lipinski definition) is 9. The smallest absolute Gasteiger partial charge is 0.303 e. The summed E-state index contributed by atoms with van der Waals surface area (Å²) in [6.07, 6.45) is 2.39. The SMILES string of the molecule is CC(=O)OC[C@H]1O[C@H](OC(C)CCc2nc(-c3ccccc3)no2)C=C[C@@H]1OC(C)=O. The van der Waals surface area contributed by atoms with Crippen LogP contribution in [-0.2, 0) is 35.0 Å². The third-order valence-electron chi connectivity index (χ3n) is 4.52. The average Bonchev–Trinajstić information content (AvgIpc) is 3.22. The summed E-state index contributed by atoms with van der Waals surface area (Å²) in [5, 5.41) is 4.01. The van der Waals surface area contributed by atoms with Crippen molar-refractivity contribution in [1.29, 1.82) is 0 Å². The molecule has 1 unspecified atom stereocenters. The van der Waals surface area contributed by atoms with E-state index in [4.69, 9.17) is 23.5 Å². The van der Waals surface area contributed by atoms with E-state index in [0.29, 0.717) is 24.6 Å². The van der Waals surface area contributed by atoms with E-state index in [2.05, 4.69) is 10.1 Å². The molecule has 0 fully saturated rings. The number of rotatable bonds is 9. The number of esters is 2. The number of carbonyl (C=O) groups is 2. The predicted molar refractivity (Wildman–Crippen MR) is 109 cm³/mol. The second kappa shape index (κ2) is 10.8. The van der Waals surface area contributed by atoms with E-state index in [0.717, 1.165) is 5.56 Å². The van der Waals surface area contributed by atoms with Gasteiger partial charge in [0.2, 0.25) is 11.7 Å². The molecule has 9 heteroatoms. The van der Waals surface area contributed by atoms with Crippen molar-refractivity contribution >= 4 is 11.9 Å². The number of aryl methyl sites for hydroxylation is 1. The number of ether oxygens (including phenoxy) is 4. The summed E-state index contributed by atoms with van der Waals surface area (Å²) >= 11 is 0. The average molecular weight is 430 g/mol. The van der Waals surface area contributed by atoms with Crippen LogP contribution in [0.1, 0.15) is 33.1 Å². The van der Waals surface area contributed by atoms with E-state index in [1.807, 2.05) is 37.3 Å². The fourth-order valence-electron chi connectivity index (χ4n) is 3.02. The van der Waals surface area contributed by atoms with Gasteiger partial charge in [-0.3, -0.25) is 9.59 Å². The van der Waals surface area contributed by atoms with Gasteiger partial charge in [0.05, 0.1) is 6.10 Å². The molecule has 0 N–H and O–H groups in total. The molecule has 0 radical (unpaired) electrons. The molecule has 0 amide bonds. The van der Waals surface area contributed by atoms with Crippen LogP contribution in [0.25, 0.3) is 11.4 Å². The minimum Gasteiger partial charge on any atom is -0.463 e. The Morgan fingerprint density at radius 1 is 1.13 bits per heavy atom. The highest BCUT2D eigenvalue weighted by molar-refractivity contribution is 5.66. The summed E-state index contributed by atoms with van der Waals surface area (Å²) < 4.78 is 27.3. The summed E-state index contributed by atoms with van der Waals surface area (Å²) in [5.41, 5.74) is 0.892. The van der Waals surface area contributed by atoms with Gasteiger partial charge in [-0.1, -0.05) is 35.5 Å². The second-order valence-electron chi connectivity index (χ2n) is 7.17. The topological polar surface area (TPSA) is 110 Å². The van der Waals surface area contributed by atoms with Crippen LogP contribution in [0.3, 0.4) is 0 Å². The Balaban J connectivity index is 1.51. The molecule has 2 aromatic rings. The van der Waals surface area contributed by atoms with Crippen LogP contribution >= 0.6 is 0 Å². The molecule has 0 spiro atoms. The first-order valence-corrected chi connectivity index (χ1v) is 10.1.